The first-order valence-corrected chi connectivity index (χ1v) is 15.0. The van der Waals surface area contributed by atoms with Gasteiger partial charge >= 0.3 is 24.6 Å². The van der Waals surface area contributed by atoms with Gasteiger partial charge in [0.25, 0.3) is 0 Å². The molecule has 18 heteroatoms. The van der Waals surface area contributed by atoms with E-state index in [4.69, 9.17) is 24.3 Å². The average Bonchev–Trinajstić information content (AvgIpc) is 3.52. The highest BCUT2D eigenvalue weighted by molar-refractivity contribution is 7.52. The van der Waals surface area contributed by atoms with E-state index in [1.54, 1.807) is 18.2 Å². The average molecular weight is 644 g/mol. The van der Waals surface area contributed by atoms with Gasteiger partial charge in [-0.3, -0.25) is 19.4 Å². The van der Waals surface area contributed by atoms with Crippen molar-refractivity contribution in [3.63, 3.8) is 0 Å². The Hall–Kier alpha value is -3.73. The molecular weight excluding hydrogens is 615 g/mol. The standard InChI is InChI=1S/C25H28F2N5O9PS/c1-14(23(34)39-15(2)19-9-10-21(43-19)32(35)36)30-42(37,41-17-7-5-4-6-8-17)38-13-18-22(33)25(26,27)24(40-18)31-12-11-20(28)29-16(31)3/h4-12,14-15,18,22,24,33H,3,13H2,1-2H3,(H2,28,29)(H,30,37)/t14-,15?,18+,22?,24+,42?/m0/s1. The van der Waals surface area contributed by atoms with Crippen LogP contribution in [0.15, 0.2) is 72.1 Å². The molecule has 1 aromatic heterocycles. The maximum atomic E-state index is 15.1. The predicted octanol–water partition coefficient (Wildman–Crippen LogP) is 3.82. The number of aliphatic hydroxyl groups is 1. The Labute approximate surface area is 248 Å². The van der Waals surface area contributed by atoms with E-state index in [-0.39, 0.29) is 22.4 Å². The third-order valence-corrected chi connectivity index (χ3v) is 9.00. The fourth-order valence-corrected chi connectivity index (χ4v) is 6.28. The van der Waals surface area contributed by atoms with Gasteiger partial charge in [0.2, 0.25) is 6.23 Å². The molecule has 0 aliphatic carbocycles. The van der Waals surface area contributed by atoms with Crippen LogP contribution in [0.4, 0.5) is 13.8 Å². The number of aliphatic imine (C=N–C) groups is 1. The first-order chi connectivity index (χ1) is 20.2. The van der Waals surface area contributed by atoms with E-state index < -0.39 is 61.8 Å². The van der Waals surface area contributed by atoms with Crippen LogP contribution in [0.25, 0.3) is 0 Å². The van der Waals surface area contributed by atoms with E-state index in [0.717, 1.165) is 16.2 Å². The maximum Gasteiger partial charge on any atom is 0.459 e. The summed E-state index contributed by atoms with van der Waals surface area (Å²) >= 11 is 0.824. The number of para-hydroxylation sites is 1. The topological polar surface area (TPSA) is 188 Å². The van der Waals surface area contributed by atoms with Crippen molar-refractivity contribution < 1.29 is 46.7 Å². The maximum absolute atomic E-state index is 15.1. The minimum Gasteiger partial charge on any atom is -0.456 e. The fourth-order valence-electron chi connectivity index (χ4n) is 3.97. The number of hydrogen-bond acceptors (Lipinski definition) is 13. The summed E-state index contributed by atoms with van der Waals surface area (Å²) in [5.41, 5.74) is 5.57. The molecule has 2 aliphatic heterocycles. The number of alkyl halides is 2. The molecule has 2 aromatic rings. The minimum atomic E-state index is -4.53. The summed E-state index contributed by atoms with van der Waals surface area (Å²) in [6.07, 6.45) is -4.60. The molecule has 3 unspecified atom stereocenters. The van der Waals surface area contributed by atoms with E-state index in [0.29, 0.717) is 4.88 Å². The normalized spacial score (nSPS) is 24.1. The molecule has 1 aromatic carbocycles. The van der Waals surface area contributed by atoms with Crippen LogP contribution in [0, 0.1) is 10.1 Å². The zero-order chi connectivity index (χ0) is 31.5. The molecule has 3 heterocycles. The lowest BCUT2D eigenvalue weighted by atomic mass is 10.1. The highest BCUT2D eigenvalue weighted by Gasteiger charge is 2.61. The van der Waals surface area contributed by atoms with Crippen molar-refractivity contribution in [2.45, 2.75) is 50.4 Å². The van der Waals surface area contributed by atoms with Crippen LogP contribution in [-0.4, -0.2) is 63.7 Å². The Kier molecular flexibility index (Phi) is 9.63. The van der Waals surface area contributed by atoms with Crippen molar-refractivity contribution in [2.24, 2.45) is 10.7 Å². The van der Waals surface area contributed by atoms with Gasteiger partial charge < -0.3 is 29.7 Å². The van der Waals surface area contributed by atoms with E-state index in [1.807, 2.05) is 0 Å². The molecule has 1 saturated heterocycles. The molecule has 14 nitrogen and oxygen atoms in total. The van der Waals surface area contributed by atoms with Crippen LogP contribution in [0.5, 0.6) is 5.75 Å². The number of carbonyl (C=O) groups is 1. The first-order valence-electron chi connectivity index (χ1n) is 12.6. The number of nitro groups is 1. The number of halogens is 2. The van der Waals surface area contributed by atoms with Gasteiger partial charge in [-0.2, -0.15) is 13.9 Å². The summed E-state index contributed by atoms with van der Waals surface area (Å²) in [5, 5.41) is 23.6. The molecule has 43 heavy (non-hydrogen) atoms. The number of nitrogens with one attached hydrogen (secondary N) is 1. The number of esters is 1. The van der Waals surface area contributed by atoms with Crippen LogP contribution in [0.2, 0.25) is 0 Å². The summed E-state index contributed by atoms with van der Waals surface area (Å²) in [5.74, 6) is -4.82. The molecule has 232 valence electrons. The fraction of sp³-hybridized carbons (Fsp3) is 0.360. The van der Waals surface area contributed by atoms with Gasteiger partial charge in [-0.1, -0.05) is 36.1 Å². The predicted molar refractivity (Wildman–Crippen MR) is 150 cm³/mol. The Morgan fingerprint density at radius 3 is 2.67 bits per heavy atom. The Morgan fingerprint density at radius 2 is 2.05 bits per heavy atom. The first kappa shape index (κ1) is 32.2. The number of carbonyl (C=O) groups excluding carboxylic acids is 1. The summed E-state index contributed by atoms with van der Waals surface area (Å²) in [4.78, 5) is 28.3. The van der Waals surface area contributed by atoms with Crippen molar-refractivity contribution in [1.29, 1.82) is 0 Å². The number of nitrogens with zero attached hydrogens (tertiary/aromatic N) is 3. The van der Waals surface area contributed by atoms with Gasteiger partial charge in [0.05, 0.1) is 16.4 Å². The smallest absolute Gasteiger partial charge is 0.456 e. The number of ether oxygens (including phenoxy) is 2. The second-order valence-electron chi connectivity index (χ2n) is 9.38. The lowest BCUT2D eigenvalue weighted by molar-refractivity contribution is -0.380. The number of nitrogens with two attached hydrogens (primary N) is 1. The van der Waals surface area contributed by atoms with Crippen LogP contribution in [-0.2, 0) is 23.4 Å². The van der Waals surface area contributed by atoms with Gasteiger partial charge in [-0.05, 0) is 38.1 Å². The number of amidine groups is 1. The lowest BCUT2D eigenvalue weighted by Crippen LogP contribution is -2.47. The molecule has 0 spiro atoms. The van der Waals surface area contributed by atoms with Crippen LogP contribution < -0.4 is 15.3 Å². The summed E-state index contributed by atoms with van der Waals surface area (Å²) in [6.45, 7) is 5.51. The molecule has 0 amide bonds. The summed E-state index contributed by atoms with van der Waals surface area (Å²) in [6, 6.07) is 9.07. The highest BCUT2D eigenvalue weighted by atomic mass is 32.1. The molecule has 1 fully saturated rings. The molecule has 6 atom stereocenters. The highest BCUT2D eigenvalue weighted by Crippen LogP contribution is 2.47. The van der Waals surface area contributed by atoms with Crippen molar-refractivity contribution in [2.75, 3.05) is 6.61 Å². The second kappa shape index (κ2) is 12.9. The number of rotatable bonds is 12. The van der Waals surface area contributed by atoms with Gasteiger partial charge in [-0.15, -0.1) is 0 Å². The van der Waals surface area contributed by atoms with Crippen LogP contribution in [0.1, 0.15) is 24.8 Å². The molecule has 2 aliphatic rings. The zero-order valence-corrected chi connectivity index (χ0v) is 24.5. The SMILES string of the molecule is C=C1N=C(N)C=CN1[C@@H]1O[C@H](COP(=O)(N[C@@H](C)C(=O)OC(C)c2ccc([N+](=O)[O-])s2)Oc2ccccc2)C(O)C1(F)F. The van der Waals surface area contributed by atoms with Gasteiger partial charge in [0.15, 0.2) is 6.10 Å². The molecule has 0 bridgehead atoms. The molecule has 4 N–H and O–H groups in total. The van der Waals surface area contributed by atoms with Crippen molar-refractivity contribution in [1.82, 2.24) is 9.99 Å². The van der Waals surface area contributed by atoms with E-state index >= 15 is 8.78 Å². The third kappa shape index (κ3) is 7.44. The van der Waals surface area contributed by atoms with Gasteiger partial charge in [0, 0.05) is 12.3 Å². The van der Waals surface area contributed by atoms with E-state index in [2.05, 4.69) is 16.7 Å². The molecular formula is C25H28F2N5O9PS. The Bertz CT molecular complexity index is 1470. The van der Waals surface area contributed by atoms with Crippen LogP contribution in [0.3, 0.4) is 0 Å². The Morgan fingerprint density at radius 1 is 1.35 bits per heavy atom. The van der Waals surface area contributed by atoms with E-state index in [1.165, 1.54) is 50.4 Å². The van der Waals surface area contributed by atoms with Gasteiger partial charge in [-0.25, -0.2) is 9.56 Å². The summed E-state index contributed by atoms with van der Waals surface area (Å²) < 4.78 is 65.6. The number of thiophene rings is 1. The quantitative estimate of drug-likeness (QED) is 0.132. The van der Waals surface area contributed by atoms with Crippen molar-refractivity contribution in [3.05, 3.63) is 82.1 Å². The van der Waals surface area contributed by atoms with Gasteiger partial charge in [0.1, 0.15) is 35.7 Å². The number of hydrogen-bond donors (Lipinski definition) is 3. The van der Waals surface area contributed by atoms with Crippen molar-refractivity contribution >= 4 is 35.9 Å². The minimum absolute atomic E-state index is 0.0341. The largest absolute Gasteiger partial charge is 0.459 e. The summed E-state index contributed by atoms with van der Waals surface area (Å²) in [7, 11) is -4.53. The Balaban J connectivity index is 1.46. The van der Waals surface area contributed by atoms with Crippen molar-refractivity contribution in [3.8, 4) is 5.75 Å². The van der Waals surface area contributed by atoms with Crippen LogP contribution >= 0.6 is 19.1 Å². The number of benzene rings is 1. The zero-order valence-electron chi connectivity index (χ0n) is 22.7. The number of aliphatic hydroxyl groups excluding tert-OH is 1. The molecule has 0 saturated carbocycles. The monoisotopic (exact) mass is 643 g/mol. The molecule has 4 rings (SSSR count). The van der Waals surface area contributed by atoms with E-state index in [9.17, 15) is 24.6 Å². The molecule has 0 radical (unpaired) electrons. The lowest BCUT2D eigenvalue weighted by Gasteiger charge is -2.31. The second-order valence-corrected chi connectivity index (χ2v) is 12.2. The third-order valence-electron chi connectivity index (χ3n) is 6.16.